The second-order valence-corrected chi connectivity index (χ2v) is 11.2. The molecule has 0 radical (unpaired) electrons. The third kappa shape index (κ3) is 8.27. The van der Waals surface area contributed by atoms with E-state index in [0.717, 1.165) is 24.6 Å². The summed E-state index contributed by atoms with van der Waals surface area (Å²) < 4.78 is 65.4. The maximum atomic E-state index is 14.0. The highest BCUT2D eigenvalue weighted by atomic mass is 35.5. The molecule has 1 aliphatic heterocycles. The Morgan fingerprint density at radius 2 is 1.67 bits per heavy atom. The number of hydrogen-bond donors (Lipinski definition) is 0. The highest BCUT2D eigenvalue weighted by molar-refractivity contribution is 7.99. The van der Waals surface area contributed by atoms with Crippen LogP contribution in [0.5, 0.6) is 0 Å². The topological polar surface area (TPSA) is 119 Å². The maximum Gasteiger partial charge on any atom is 0.303 e. The molecular weight excluding hydrogens is 615 g/mol. The molecule has 1 aromatic heterocycles. The van der Waals surface area contributed by atoms with Crippen LogP contribution in [0, 0.1) is 17.5 Å². The molecule has 5 atom stereocenters. The normalized spacial score (nSPS) is 21.7. The zero-order chi connectivity index (χ0) is 31.3. The summed E-state index contributed by atoms with van der Waals surface area (Å²) in [4.78, 5) is 36.2. The highest BCUT2D eigenvalue weighted by Crippen LogP contribution is 2.39. The van der Waals surface area contributed by atoms with Crippen LogP contribution < -0.4 is 0 Å². The van der Waals surface area contributed by atoms with Crippen molar-refractivity contribution < 1.29 is 46.5 Å². The molecule has 10 nitrogen and oxygen atoms in total. The molecule has 3 aromatic rings. The van der Waals surface area contributed by atoms with E-state index in [9.17, 15) is 27.6 Å². The lowest BCUT2D eigenvalue weighted by Gasteiger charge is -2.44. The summed E-state index contributed by atoms with van der Waals surface area (Å²) >= 11 is 7.39. The SMILES string of the molecule is CC(=O)OC[C@H]1O[C@H](SCCc2cccc(Cl)c2)[C@H](OC(C)=O)[C@@H](n2cc(-c3cc(F)c(F)c(F)c3)nn2)[C@H]1OC(C)=O. The minimum absolute atomic E-state index is 0.0471. The van der Waals surface area contributed by atoms with E-state index in [1.807, 2.05) is 18.2 Å². The monoisotopic (exact) mass is 641 g/mol. The van der Waals surface area contributed by atoms with Gasteiger partial charge in [0.25, 0.3) is 0 Å². The van der Waals surface area contributed by atoms with Gasteiger partial charge in [-0.15, -0.1) is 16.9 Å². The fourth-order valence-corrected chi connectivity index (χ4v) is 5.99. The average Bonchev–Trinajstić information content (AvgIpc) is 3.41. The quantitative estimate of drug-likeness (QED) is 0.175. The maximum absolute atomic E-state index is 14.0. The molecule has 43 heavy (non-hydrogen) atoms. The van der Waals surface area contributed by atoms with E-state index in [-0.39, 0.29) is 17.9 Å². The van der Waals surface area contributed by atoms with Crippen LogP contribution in [0.25, 0.3) is 11.3 Å². The molecule has 1 fully saturated rings. The Kier molecular flexibility index (Phi) is 10.7. The number of aromatic nitrogens is 3. The number of nitrogens with zero attached hydrogens (tertiary/aromatic N) is 3. The molecular formula is C28H27ClF3N3O7S. The van der Waals surface area contributed by atoms with Gasteiger partial charge in [-0.05, 0) is 42.0 Å². The Bertz CT molecular complexity index is 1470. The molecule has 0 unspecified atom stereocenters. The average molecular weight is 642 g/mol. The number of rotatable bonds is 10. The minimum atomic E-state index is -1.64. The zero-order valence-corrected chi connectivity index (χ0v) is 24.7. The van der Waals surface area contributed by atoms with E-state index in [0.29, 0.717) is 17.2 Å². The van der Waals surface area contributed by atoms with Gasteiger partial charge in [-0.2, -0.15) is 0 Å². The Morgan fingerprint density at radius 1 is 1.00 bits per heavy atom. The van der Waals surface area contributed by atoms with E-state index in [4.69, 9.17) is 30.5 Å². The van der Waals surface area contributed by atoms with Crippen molar-refractivity contribution in [3.63, 3.8) is 0 Å². The Morgan fingerprint density at radius 3 is 2.30 bits per heavy atom. The van der Waals surface area contributed by atoms with Gasteiger partial charge in [-0.25, -0.2) is 17.9 Å². The minimum Gasteiger partial charge on any atom is -0.463 e. The predicted octanol–water partition coefficient (Wildman–Crippen LogP) is 4.68. The van der Waals surface area contributed by atoms with Gasteiger partial charge in [0.2, 0.25) is 0 Å². The summed E-state index contributed by atoms with van der Waals surface area (Å²) in [5.41, 5.74) is -0.0973. The van der Waals surface area contributed by atoms with Crippen molar-refractivity contribution in [3.8, 4) is 11.3 Å². The number of carbonyl (C=O) groups excluding carboxylic acids is 3. The molecule has 2 heterocycles. The van der Waals surface area contributed by atoms with Crippen LogP contribution in [-0.2, 0) is 39.8 Å². The number of esters is 3. The number of hydrogen-bond acceptors (Lipinski definition) is 10. The first-order valence-corrected chi connectivity index (χ1v) is 14.4. The lowest BCUT2D eigenvalue weighted by molar-refractivity contribution is -0.212. The van der Waals surface area contributed by atoms with E-state index < -0.39 is 65.1 Å². The predicted molar refractivity (Wildman–Crippen MR) is 148 cm³/mol. The second kappa shape index (κ2) is 14.2. The molecule has 2 aromatic carbocycles. The number of thioether (sulfide) groups is 1. The largest absolute Gasteiger partial charge is 0.463 e. The standard InChI is InChI=1S/C28H27ClF3N3O7S/c1-14(36)39-13-23-26(40-15(2)37)25(35-12-22(33-34-35)18-10-20(30)24(32)21(31)11-18)27(41-16(3)38)28(42-23)43-8-7-17-5-4-6-19(29)9-17/h4-6,9-12,23,25-28H,7-8,13H2,1-3H3/t23-,25+,26+,27-,28-/m1/s1. The summed E-state index contributed by atoms with van der Waals surface area (Å²) in [5, 5.41) is 8.61. The molecule has 230 valence electrons. The fourth-order valence-electron chi connectivity index (χ4n) is 4.56. The van der Waals surface area contributed by atoms with Gasteiger partial charge in [-0.1, -0.05) is 28.9 Å². The van der Waals surface area contributed by atoms with Gasteiger partial charge in [0.1, 0.15) is 29.9 Å². The number of halogens is 4. The molecule has 0 spiro atoms. The molecule has 1 saturated heterocycles. The molecule has 0 N–H and O–H groups in total. The van der Waals surface area contributed by atoms with E-state index in [2.05, 4.69) is 10.3 Å². The third-order valence-corrected chi connectivity index (χ3v) is 7.71. The summed E-state index contributed by atoms with van der Waals surface area (Å²) in [5.74, 6) is -6.03. The summed E-state index contributed by atoms with van der Waals surface area (Å²) in [6.07, 6.45) is -1.54. The summed E-state index contributed by atoms with van der Waals surface area (Å²) in [6, 6.07) is 7.69. The molecule has 4 rings (SSSR count). The van der Waals surface area contributed by atoms with Crippen molar-refractivity contribution in [2.75, 3.05) is 12.4 Å². The van der Waals surface area contributed by atoms with Gasteiger partial charge in [-0.3, -0.25) is 14.4 Å². The van der Waals surface area contributed by atoms with E-state index in [1.54, 1.807) is 6.07 Å². The first-order chi connectivity index (χ1) is 20.4. The fraction of sp³-hybridized carbons (Fsp3) is 0.393. The smallest absolute Gasteiger partial charge is 0.303 e. The first kappa shape index (κ1) is 32.3. The van der Waals surface area contributed by atoms with Crippen molar-refractivity contribution in [2.45, 2.75) is 57.0 Å². The van der Waals surface area contributed by atoms with Crippen molar-refractivity contribution in [1.82, 2.24) is 15.0 Å². The van der Waals surface area contributed by atoms with Crippen LogP contribution in [0.15, 0.2) is 42.6 Å². The number of benzene rings is 2. The summed E-state index contributed by atoms with van der Waals surface area (Å²) in [7, 11) is 0. The molecule has 15 heteroatoms. The number of ether oxygens (including phenoxy) is 4. The van der Waals surface area contributed by atoms with Crippen LogP contribution in [0.3, 0.4) is 0 Å². The van der Waals surface area contributed by atoms with Crippen molar-refractivity contribution in [3.05, 3.63) is 70.6 Å². The van der Waals surface area contributed by atoms with Crippen molar-refractivity contribution in [1.29, 1.82) is 0 Å². The summed E-state index contributed by atoms with van der Waals surface area (Å²) in [6.45, 7) is 3.22. The van der Waals surface area contributed by atoms with Gasteiger partial charge in [0, 0.05) is 31.4 Å². The molecule has 0 aliphatic carbocycles. The Labute approximate surface area is 253 Å². The van der Waals surface area contributed by atoms with E-state index >= 15 is 0 Å². The number of carbonyl (C=O) groups is 3. The number of aryl methyl sites for hydroxylation is 1. The zero-order valence-electron chi connectivity index (χ0n) is 23.2. The van der Waals surface area contributed by atoms with Gasteiger partial charge < -0.3 is 18.9 Å². The lowest BCUT2D eigenvalue weighted by Crippen LogP contribution is -2.58. The van der Waals surface area contributed by atoms with Crippen molar-refractivity contribution in [2.24, 2.45) is 0 Å². The third-order valence-electron chi connectivity index (χ3n) is 6.33. The van der Waals surface area contributed by atoms with Crippen LogP contribution in [-0.4, -0.2) is 69.0 Å². The van der Waals surface area contributed by atoms with Crippen LogP contribution >= 0.6 is 23.4 Å². The first-order valence-electron chi connectivity index (χ1n) is 13.0. The molecule has 0 bridgehead atoms. The van der Waals surface area contributed by atoms with Crippen LogP contribution in [0.2, 0.25) is 5.02 Å². The van der Waals surface area contributed by atoms with Gasteiger partial charge >= 0.3 is 17.9 Å². The van der Waals surface area contributed by atoms with Crippen molar-refractivity contribution >= 4 is 41.3 Å². The Balaban J connectivity index is 1.72. The van der Waals surface area contributed by atoms with E-state index in [1.165, 1.54) is 36.5 Å². The van der Waals surface area contributed by atoms with Crippen LogP contribution in [0.1, 0.15) is 32.4 Å². The molecule has 1 aliphatic rings. The Hall–Kier alpha value is -3.62. The van der Waals surface area contributed by atoms with Gasteiger partial charge in [0.05, 0.1) is 6.20 Å². The molecule has 0 amide bonds. The second-order valence-electron chi connectivity index (χ2n) is 9.57. The van der Waals surface area contributed by atoms with Gasteiger partial charge in [0.15, 0.2) is 29.7 Å². The van der Waals surface area contributed by atoms with Crippen LogP contribution in [0.4, 0.5) is 13.2 Å². The lowest BCUT2D eigenvalue weighted by atomic mass is 9.96. The molecule has 0 saturated carbocycles. The highest BCUT2D eigenvalue weighted by Gasteiger charge is 2.51.